The van der Waals surface area contributed by atoms with Crippen molar-refractivity contribution in [2.24, 2.45) is 0 Å². The van der Waals surface area contributed by atoms with Gasteiger partial charge in [0, 0.05) is 26.3 Å². The zero-order valence-electron chi connectivity index (χ0n) is 11.3. The number of nitrogens with one attached hydrogen (secondary N) is 1. The van der Waals surface area contributed by atoms with Crippen LogP contribution in [0.2, 0.25) is 0 Å². The highest BCUT2D eigenvalue weighted by Gasteiger charge is 2.18. The van der Waals surface area contributed by atoms with Crippen LogP contribution in [0.4, 0.5) is 0 Å². The molecule has 0 fully saturated rings. The molecule has 17 heavy (non-hydrogen) atoms. The van der Waals surface area contributed by atoms with Crippen LogP contribution < -0.4 is 5.32 Å². The Labute approximate surface area is 103 Å². The summed E-state index contributed by atoms with van der Waals surface area (Å²) >= 11 is 0. The van der Waals surface area contributed by atoms with E-state index in [4.69, 9.17) is 0 Å². The van der Waals surface area contributed by atoms with Crippen LogP contribution in [0.3, 0.4) is 0 Å². The number of aromatic nitrogens is 2. The largest absolute Gasteiger partial charge is 0.340 e. The second-order valence-electron chi connectivity index (χ2n) is 5.17. The molecule has 1 aromatic heterocycles. The van der Waals surface area contributed by atoms with Crippen LogP contribution >= 0.6 is 0 Å². The number of amides is 1. The molecular weight excluding hydrogens is 216 g/mol. The van der Waals surface area contributed by atoms with Crippen molar-refractivity contribution >= 4 is 5.91 Å². The predicted molar refractivity (Wildman–Crippen MR) is 68.1 cm³/mol. The monoisotopic (exact) mass is 238 g/mol. The van der Waals surface area contributed by atoms with Crippen molar-refractivity contribution in [3.05, 3.63) is 18.0 Å². The van der Waals surface area contributed by atoms with Gasteiger partial charge in [-0.1, -0.05) is 0 Å². The van der Waals surface area contributed by atoms with E-state index < -0.39 is 0 Å². The Morgan fingerprint density at radius 1 is 1.53 bits per heavy atom. The van der Waals surface area contributed by atoms with Gasteiger partial charge in [-0.2, -0.15) is 5.10 Å². The van der Waals surface area contributed by atoms with Crippen LogP contribution in [0.25, 0.3) is 0 Å². The Bertz CT molecular complexity index is 378. The lowest BCUT2D eigenvalue weighted by Gasteiger charge is -2.19. The summed E-state index contributed by atoms with van der Waals surface area (Å²) in [7, 11) is 3.67. The number of rotatable bonds is 4. The van der Waals surface area contributed by atoms with Crippen LogP contribution in [0, 0.1) is 0 Å². The van der Waals surface area contributed by atoms with Crippen LogP contribution in [0.1, 0.15) is 31.1 Å². The summed E-state index contributed by atoms with van der Waals surface area (Å²) in [5.74, 6) is 0.00995. The van der Waals surface area contributed by atoms with E-state index in [0.717, 1.165) is 6.54 Å². The van der Waals surface area contributed by atoms with E-state index in [1.165, 1.54) is 0 Å². The Morgan fingerprint density at radius 3 is 2.65 bits per heavy atom. The average molecular weight is 238 g/mol. The smallest absolute Gasteiger partial charge is 0.256 e. The van der Waals surface area contributed by atoms with E-state index in [0.29, 0.717) is 12.1 Å². The van der Waals surface area contributed by atoms with Gasteiger partial charge in [-0.3, -0.25) is 9.48 Å². The molecule has 5 heteroatoms. The first-order chi connectivity index (χ1) is 7.86. The van der Waals surface area contributed by atoms with Gasteiger partial charge in [0.25, 0.3) is 5.91 Å². The molecule has 0 atom stereocenters. The molecule has 1 heterocycles. The summed E-state index contributed by atoms with van der Waals surface area (Å²) in [6.07, 6.45) is 3.43. The van der Waals surface area contributed by atoms with Gasteiger partial charge in [0.15, 0.2) is 0 Å². The Morgan fingerprint density at radius 2 is 2.18 bits per heavy atom. The third-order valence-corrected chi connectivity index (χ3v) is 2.56. The fraction of sp³-hybridized carbons (Fsp3) is 0.667. The summed E-state index contributed by atoms with van der Waals surface area (Å²) < 4.78 is 1.81. The molecule has 1 amide bonds. The van der Waals surface area contributed by atoms with E-state index in [9.17, 15) is 4.79 Å². The van der Waals surface area contributed by atoms with Crippen molar-refractivity contribution in [3.8, 4) is 0 Å². The molecule has 0 aliphatic heterocycles. The summed E-state index contributed by atoms with van der Waals surface area (Å²) in [5, 5.41) is 7.24. The summed E-state index contributed by atoms with van der Waals surface area (Å²) in [6.45, 7) is 7.64. The molecule has 0 aromatic carbocycles. The number of hydrogen-bond donors (Lipinski definition) is 1. The van der Waals surface area contributed by atoms with Gasteiger partial charge >= 0.3 is 0 Å². The van der Waals surface area contributed by atoms with Gasteiger partial charge in [0.2, 0.25) is 0 Å². The maximum atomic E-state index is 12.0. The molecule has 0 bridgehead atoms. The third-order valence-electron chi connectivity index (χ3n) is 2.56. The molecule has 5 nitrogen and oxygen atoms in total. The normalized spacial score (nSPS) is 11.6. The van der Waals surface area contributed by atoms with Gasteiger partial charge in [0.05, 0.1) is 17.3 Å². The molecule has 1 N–H and O–H groups in total. The summed E-state index contributed by atoms with van der Waals surface area (Å²) in [4.78, 5) is 13.7. The molecule has 1 rings (SSSR count). The Kier molecular flexibility index (Phi) is 4.28. The molecule has 0 radical (unpaired) electrons. The Balaban J connectivity index is 2.73. The number of carbonyl (C=O) groups excluding carboxylic acids is 1. The van der Waals surface area contributed by atoms with Crippen molar-refractivity contribution in [2.75, 3.05) is 27.2 Å². The van der Waals surface area contributed by atoms with Crippen LogP contribution in [-0.2, 0) is 5.54 Å². The molecule has 96 valence electrons. The van der Waals surface area contributed by atoms with E-state index in [1.807, 2.05) is 11.7 Å². The van der Waals surface area contributed by atoms with Crippen molar-refractivity contribution in [1.29, 1.82) is 0 Å². The predicted octanol–water partition coefficient (Wildman–Crippen LogP) is 0.929. The first-order valence-electron chi connectivity index (χ1n) is 5.81. The SMILES string of the molecule is CNCCN(C)C(=O)c1cnn(C(C)(C)C)c1. The highest BCUT2D eigenvalue weighted by molar-refractivity contribution is 5.93. The summed E-state index contributed by atoms with van der Waals surface area (Å²) in [5.41, 5.74) is 0.542. The zero-order valence-corrected chi connectivity index (χ0v) is 11.3. The maximum Gasteiger partial charge on any atom is 0.256 e. The first kappa shape index (κ1) is 13.7. The van der Waals surface area contributed by atoms with Gasteiger partial charge in [0.1, 0.15) is 0 Å². The second-order valence-corrected chi connectivity index (χ2v) is 5.17. The van der Waals surface area contributed by atoms with Gasteiger partial charge in [-0.15, -0.1) is 0 Å². The minimum absolute atomic E-state index is 0.00995. The minimum atomic E-state index is -0.0952. The van der Waals surface area contributed by atoms with Crippen LogP contribution in [-0.4, -0.2) is 47.8 Å². The molecule has 0 spiro atoms. The van der Waals surface area contributed by atoms with Gasteiger partial charge in [-0.25, -0.2) is 0 Å². The van der Waals surface area contributed by atoms with Crippen molar-refractivity contribution in [1.82, 2.24) is 20.0 Å². The zero-order chi connectivity index (χ0) is 13.1. The van der Waals surface area contributed by atoms with Crippen molar-refractivity contribution < 1.29 is 4.79 Å². The van der Waals surface area contributed by atoms with Crippen molar-refractivity contribution in [3.63, 3.8) is 0 Å². The topological polar surface area (TPSA) is 50.2 Å². The molecule has 0 saturated heterocycles. The maximum absolute atomic E-state index is 12.0. The minimum Gasteiger partial charge on any atom is -0.340 e. The van der Waals surface area contributed by atoms with Gasteiger partial charge in [-0.05, 0) is 27.8 Å². The molecule has 1 aromatic rings. The number of hydrogen-bond acceptors (Lipinski definition) is 3. The quantitative estimate of drug-likeness (QED) is 0.849. The second kappa shape index (κ2) is 5.31. The third kappa shape index (κ3) is 3.56. The lowest BCUT2D eigenvalue weighted by atomic mass is 10.1. The number of nitrogens with zero attached hydrogens (tertiary/aromatic N) is 3. The van der Waals surface area contributed by atoms with Crippen LogP contribution in [0.5, 0.6) is 0 Å². The lowest BCUT2D eigenvalue weighted by Crippen LogP contribution is -2.32. The van der Waals surface area contributed by atoms with Crippen molar-refractivity contribution in [2.45, 2.75) is 26.3 Å². The Hall–Kier alpha value is -1.36. The van der Waals surface area contributed by atoms with E-state index in [2.05, 4.69) is 31.2 Å². The summed E-state index contributed by atoms with van der Waals surface area (Å²) in [6, 6.07) is 0. The average Bonchev–Trinajstić information content (AvgIpc) is 2.73. The highest BCUT2D eigenvalue weighted by Crippen LogP contribution is 2.13. The molecule has 0 unspecified atom stereocenters. The fourth-order valence-corrected chi connectivity index (χ4v) is 1.40. The highest BCUT2D eigenvalue weighted by atomic mass is 16.2. The standard InChI is InChI=1S/C12H22N4O/c1-12(2,3)16-9-10(8-14-16)11(17)15(5)7-6-13-4/h8-9,13H,6-7H2,1-5H3. The van der Waals surface area contributed by atoms with Gasteiger partial charge < -0.3 is 10.2 Å². The first-order valence-corrected chi connectivity index (χ1v) is 5.81. The molecular formula is C12H22N4O. The lowest BCUT2D eigenvalue weighted by molar-refractivity contribution is 0.0796. The van der Waals surface area contributed by atoms with E-state index in [-0.39, 0.29) is 11.4 Å². The van der Waals surface area contributed by atoms with Crippen LogP contribution in [0.15, 0.2) is 12.4 Å². The van der Waals surface area contributed by atoms with E-state index >= 15 is 0 Å². The molecule has 0 aliphatic carbocycles. The molecule has 0 aliphatic rings. The number of carbonyl (C=O) groups is 1. The molecule has 0 saturated carbocycles. The van der Waals surface area contributed by atoms with E-state index in [1.54, 1.807) is 24.3 Å². The fourth-order valence-electron chi connectivity index (χ4n) is 1.40. The number of likely N-dealkylation sites (N-methyl/N-ethyl adjacent to an activating group) is 2.